The van der Waals surface area contributed by atoms with Crippen molar-refractivity contribution in [3.63, 3.8) is 0 Å². The van der Waals surface area contributed by atoms with Crippen LogP contribution in [0.25, 0.3) is 11.5 Å². The minimum absolute atomic E-state index is 0.640. The molecule has 0 spiro atoms. The third kappa shape index (κ3) is 0.844. The second-order valence-corrected chi connectivity index (χ2v) is 2.49. The highest BCUT2D eigenvalue weighted by molar-refractivity contribution is 7.07. The van der Waals surface area contributed by atoms with Crippen LogP contribution in [0.2, 0.25) is 0 Å². The van der Waals surface area contributed by atoms with Crippen LogP contribution in [0.5, 0.6) is 0 Å². The number of hydrogen-bond donors (Lipinski definition) is 0. The third-order valence-electron chi connectivity index (χ3n) is 1.13. The van der Waals surface area contributed by atoms with Crippen molar-refractivity contribution in [3.8, 4) is 11.5 Å². The highest BCUT2D eigenvalue weighted by atomic mass is 32.1. The van der Waals surface area contributed by atoms with Gasteiger partial charge in [-0.05, 0) is 11.4 Å². The van der Waals surface area contributed by atoms with Gasteiger partial charge >= 0.3 is 0 Å². The molecule has 0 saturated carbocycles. The Labute approximate surface area is 62.1 Å². The van der Waals surface area contributed by atoms with Gasteiger partial charge < -0.3 is 4.42 Å². The summed E-state index contributed by atoms with van der Waals surface area (Å²) in [5.74, 6) is 0.640. The molecule has 0 saturated heterocycles. The van der Waals surface area contributed by atoms with E-state index in [0.29, 0.717) is 5.89 Å². The topological polar surface area (TPSA) is 26.0 Å². The summed E-state index contributed by atoms with van der Waals surface area (Å²) in [7, 11) is 0. The Bertz CT molecular complexity index is 253. The average molecular weight is 150 g/mol. The van der Waals surface area contributed by atoms with Crippen molar-refractivity contribution in [2.24, 2.45) is 0 Å². The molecule has 1 radical (unpaired) electrons. The van der Waals surface area contributed by atoms with Crippen LogP contribution in [0.1, 0.15) is 0 Å². The molecular formula is C7H4NOS. The number of oxazole rings is 1. The number of nitrogens with zero attached hydrogens (tertiary/aromatic N) is 1. The molecule has 0 bridgehead atoms. The molecule has 0 fully saturated rings. The summed E-state index contributed by atoms with van der Waals surface area (Å²) in [6.07, 6.45) is 3.18. The molecule has 0 amide bonds. The standard InChI is InChI=1S/C7H4NOS/c1-4-10-5-6(1)7-8-2-3-9-7/h1-4H. The molecule has 2 nitrogen and oxygen atoms in total. The fraction of sp³-hybridized carbons (Fsp3) is 0. The van der Waals surface area contributed by atoms with Gasteiger partial charge in [-0.2, -0.15) is 0 Å². The second kappa shape index (κ2) is 2.27. The van der Waals surface area contributed by atoms with E-state index < -0.39 is 0 Å². The van der Waals surface area contributed by atoms with Crippen molar-refractivity contribution >= 4 is 11.3 Å². The fourth-order valence-electron chi connectivity index (χ4n) is 0.705. The van der Waals surface area contributed by atoms with Gasteiger partial charge in [-0.1, -0.05) is 0 Å². The zero-order valence-electron chi connectivity index (χ0n) is 5.07. The first-order valence-electron chi connectivity index (χ1n) is 2.82. The van der Waals surface area contributed by atoms with Crippen molar-refractivity contribution in [3.05, 3.63) is 29.3 Å². The van der Waals surface area contributed by atoms with Crippen LogP contribution in [-0.4, -0.2) is 4.98 Å². The van der Waals surface area contributed by atoms with Crippen LogP contribution in [0.15, 0.2) is 28.3 Å². The molecule has 0 aliphatic heterocycles. The number of thiophene rings is 1. The largest absolute Gasteiger partial charge is 0.444 e. The lowest BCUT2D eigenvalue weighted by Gasteiger charge is -1.82. The molecule has 49 valence electrons. The molecular weight excluding hydrogens is 146 g/mol. The van der Waals surface area contributed by atoms with E-state index in [-0.39, 0.29) is 0 Å². The molecule has 0 aliphatic carbocycles. The van der Waals surface area contributed by atoms with E-state index in [2.05, 4.69) is 10.4 Å². The van der Waals surface area contributed by atoms with E-state index in [9.17, 15) is 0 Å². The Kier molecular flexibility index (Phi) is 1.29. The molecule has 0 atom stereocenters. The molecule has 3 heteroatoms. The maximum absolute atomic E-state index is 5.04. The first-order chi connectivity index (χ1) is 4.97. The maximum Gasteiger partial charge on any atom is 0.227 e. The van der Waals surface area contributed by atoms with Crippen LogP contribution < -0.4 is 0 Å². The lowest BCUT2D eigenvalue weighted by Crippen LogP contribution is -1.68. The zero-order valence-corrected chi connectivity index (χ0v) is 5.89. The first kappa shape index (κ1) is 5.68. The number of hydrogen-bond acceptors (Lipinski definition) is 3. The number of rotatable bonds is 1. The van der Waals surface area contributed by atoms with Gasteiger partial charge in [-0.25, -0.2) is 4.98 Å². The SMILES string of the molecule is [c]1sccc1-c1ncco1. The smallest absolute Gasteiger partial charge is 0.227 e. The van der Waals surface area contributed by atoms with Crippen LogP contribution >= 0.6 is 11.3 Å². The van der Waals surface area contributed by atoms with Crippen LogP contribution in [0.3, 0.4) is 0 Å². The van der Waals surface area contributed by atoms with Crippen molar-refractivity contribution in [2.45, 2.75) is 0 Å². The van der Waals surface area contributed by atoms with Gasteiger partial charge in [0.05, 0.1) is 17.1 Å². The van der Waals surface area contributed by atoms with E-state index in [1.54, 1.807) is 12.5 Å². The minimum Gasteiger partial charge on any atom is -0.444 e. The molecule has 0 unspecified atom stereocenters. The van der Waals surface area contributed by atoms with Crippen molar-refractivity contribution in [2.75, 3.05) is 0 Å². The molecule has 0 aromatic carbocycles. The third-order valence-corrected chi connectivity index (χ3v) is 1.74. The summed E-state index contributed by atoms with van der Waals surface area (Å²) >= 11 is 1.51. The maximum atomic E-state index is 5.04. The highest BCUT2D eigenvalue weighted by Crippen LogP contribution is 2.18. The van der Waals surface area contributed by atoms with Gasteiger partial charge in [-0.3, -0.25) is 0 Å². The first-order valence-corrected chi connectivity index (χ1v) is 3.70. The van der Waals surface area contributed by atoms with Crippen molar-refractivity contribution in [1.29, 1.82) is 0 Å². The van der Waals surface area contributed by atoms with Crippen LogP contribution in [0, 0.1) is 5.38 Å². The molecule has 2 aromatic rings. The van der Waals surface area contributed by atoms with E-state index in [1.807, 2.05) is 11.4 Å². The van der Waals surface area contributed by atoms with E-state index in [4.69, 9.17) is 4.42 Å². The van der Waals surface area contributed by atoms with Crippen molar-refractivity contribution < 1.29 is 4.42 Å². The second-order valence-electron chi connectivity index (χ2n) is 1.77. The molecule has 0 aliphatic rings. The minimum atomic E-state index is 0.640. The van der Waals surface area contributed by atoms with Crippen LogP contribution in [0.4, 0.5) is 0 Å². The Hall–Kier alpha value is -1.09. The van der Waals surface area contributed by atoms with Gasteiger partial charge in [0.15, 0.2) is 0 Å². The summed E-state index contributed by atoms with van der Waals surface area (Å²) < 4.78 is 5.04. The quantitative estimate of drug-likeness (QED) is 0.622. The van der Waals surface area contributed by atoms with E-state index in [0.717, 1.165) is 5.56 Å². The Morgan fingerprint density at radius 2 is 2.60 bits per heavy atom. The molecule has 10 heavy (non-hydrogen) atoms. The van der Waals surface area contributed by atoms with E-state index >= 15 is 0 Å². The zero-order chi connectivity index (χ0) is 6.81. The van der Waals surface area contributed by atoms with Gasteiger partial charge in [0.1, 0.15) is 6.26 Å². The van der Waals surface area contributed by atoms with Crippen LogP contribution in [-0.2, 0) is 0 Å². The highest BCUT2D eigenvalue weighted by Gasteiger charge is 2.00. The Morgan fingerprint density at radius 3 is 3.20 bits per heavy atom. The van der Waals surface area contributed by atoms with Gasteiger partial charge in [-0.15, -0.1) is 11.3 Å². The lowest BCUT2D eigenvalue weighted by molar-refractivity contribution is 0.575. The average Bonchev–Trinajstić information content (AvgIpc) is 2.59. The molecule has 2 rings (SSSR count). The summed E-state index contributed by atoms with van der Waals surface area (Å²) in [6.45, 7) is 0. The van der Waals surface area contributed by atoms with E-state index in [1.165, 1.54) is 11.3 Å². The summed E-state index contributed by atoms with van der Waals surface area (Å²) in [6, 6.07) is 1.93. The number of aromatic nitrogens is 1. The monoisotopic (exact) mass is 150 g/mol. The summed E-state index contributed by atoms with van der Waals surface area (Å²) in [5.41, 5.74) is 0.926. The predicted molar refractivity (Wildman–Crippen MR) is 38.7 cm³/mol. The molecule has 2 aromatic heterocycles. The van der Waals surface area contributed by atoms with Gasteiger partial charge in [0.25, 0.3) is 0 Å². The Morgan fingerprint density at radius 1 is 1.60 bits per heavy atom. The molecule has 0 N–H and O–H groups in total. The normalized spacial score (nSPS) is 10.0. The lowest BCUT2D eigenvalue weighted by atomic mass is 10.3. The van der Waals surface area contributed by atoms with Gasteiger partial charge in [0, 0.05) is 0 Å². The predicted octanol–water partition coefficient (Wildman–Crippen LogP) is 2.20. The summed E-state index contributed by atoms with van der Waals surface area (Å²) in [4.78, 5) is 3.97. The Balaban J connectivity index is 2.48. The molecule has 2 heterocycles. The summed E-state index contributed by atoms with van der Waals surface area (Å²) in [5, 5.41) is 4.97. The fourth-order valence-corrected chi connectivity index (χ4v) is 1.26. The van der Waals surface area contributed by atoms with Crippen molar-refractivity contribution in [1.82, 2.24) is 4.98 Å². The van der Waals surface area contributed by atoms with Gasteiger partial charge in [0.2, 0.25) is 5.89 Å².